The maximum Gasteiger partial charge on any atom is 0.191 e. The van der Waals surface area contributed by atoms with Crippen LogP contribution < -0.4 is 10.6 Å². The van der Waals surface area contributed by atoms with E-state index in [1.165, 1.54) is 11.8 Å². The number of halogens is 1. The van der Waals surface area contributed by atoms with Gasteiger partial charge in [-0.3, -0.25) is 0 Å². The average molecular weight is 323 g/mol. The second kappa shape index (κ2) is 7.52. The third kappa shape index (κ3) is 4.25. The van der Waals surface area contributed by atoms with Gasteiger partial charge in [0, 0.05) is 17.6 Å². The summed E-state index contributed by atoms with van der Waals surface area (Å²) in [4.78, 5) is 8.90. The van der Waals surface area contributed by atoms with Gasteiger partial charge in [0.05, 0.1) is 6.04 Å². The van der Waals surface area contributed by atoms with Gasteiger partial charge in [0.1, 0.15) is 11.6 Å². The van der Waals surface area contributed by atoms with Gasteiger partial charge >= 0.3 is 0 Å². The van der Waals surface area contributed by atoms with Gasteiger partial charge in [-0.05, 0) is 31.7 Å². The van der Waals surface area contributed by atoms with E-state index < -0.39 is 0 Å². The lowest BCUT2D eigenvalue weighted by molar-refractivity contribution is 0.856. The van der Waals surface area contributed by atoms with Gasteiger partial charge in [-0.1, -0.05) is 41.6 Å². The zero-order chi connectivity index (χ0) is 15.2. The minimum absolute atomic E-state index is 0.0674. The molecule has 1 aromatic heterocycles. The maximum absolute atomic E-state index is 6.24. The van der Waals surface area contributed by atoms with E-state index in [0.29, 0.717) is 0 Å². The van der Waals surface area contributed by atoms with E-state index in [-0.39, 0.29) is 6.04 Å². The number of hydrogen-bond donors (Lipinski definition) is 2. The highest BCUT2D eigenvalue weighted by Gasteiger charge is 2.11. The standard InChI is InChI=1S/C15H19ClN4S/c1-4-17-13-9-14(20-15(19-13)21-3)18-10(2)11-7-5-6-8-12(11)16/h5-10H,4H2,1-3H3,(H2,17,18,19,20). The molecule has 0 saturated heterocycles. The molecular weight excluding hydrogens is 304 g/mol. The van der Waals surface area contributed by atoms with Crippen LogP contribution in [0.3, 0.4) is 0 Å². The zero-order valence-electron chi connectivity index (χ0n) is 12.4. The van der Waals surface area contributed by atoms with Crippen molar-refractivity contribution in [1.29, 1.82) is 0 Å². The Bertz CT molecular complexity index is 606. The van der Waals surface area contributed by atoms with E-state index in [0.717, 1.165) is 33.9 Å². The quantitative estimate of drug-likeness (QED) is 0.607. The molecule has 0 amide bonds. The summed E-state index contributed by atoms with van der Waals surface area (Å²) >= 11 is 7.76. The lowest BCUT2D eigenvalue weighted by Crippen LogP contribution is -2.10. The molecule has 0 radical (unpaired) electrons. The highest BCUT2D eigenvalue weighted by molar-refractivity contribution is 7.98. The molecule has 0 aliphatic heterocycles. The Morgan fingerprint density at radius 3 is 2.62 bits per heavy atom. The largest absolute Gasteiger partial charge is 0.370 e. The predicted octanol–water partition coefficient (Wildman–Crippen LogP) is 4.46. The number of nitrogens with one attached hydrogen (secondary N) is 2. The van der Waals surface area contributed by atoms with E-state index in [2.05, 4.69) is 27.5 Å². The topological polar surface area (TPSA) is 49.8 Å². The molecular formula is C15H19ClN4S. The summed E-state index contributed by atoms with van der Waals surface area (Å²) in [5, 5.41) is 8.09. The molecule has 4 nitrogen and oxygen atoms in total. The summed E-state index contributed by atoms with van der Waals surface area (Å²) in [5.41, 5.74) is 1.05. The van der Waals surface area contributed by atoms with Crippen molar-refractivity contribution in [3.63, 3.8) is 0 Å². The molecule has 112 valence electrons. The van der Waals surface area contributed by atoms with Crippen LogP contribution in [-0.4, -0.2) is 22.8 Å². The van der Waals surface area contributed by atoms with Gasteiger partial charge in [-0.25, -0.2) is 9.97 Å². The van der Waals surface area contributed by atoms with E-state index in [9.17, 15) is 0 Å². The van der Waals surface area contributed by atoms with Gasteiger partial charge in [0.25, 0.3) is 0 Å². The van der Waals surface area contributed by atoms with Crippen molar-refractivity contribution < 1.29 is 0 Å². The summed E-state index contributed by atoms with van der Waals surface area (Å²) in [6.45, 7) is 4.93. The maximum atomic E-state index is 6.24. The molecule has 6 heteroatoms. The number of hydrogen-bond acceptors (Lipinski definition) is 5. The van der Waals surface area contributed by atoms with E-state index >= 15 is 0 Å². The van der Waals surface area contributed by atoms with Crippen LogP contribution in [0, 0.1) is 0 Å². The van der Waals surface area contributed by atoms with Crippen LogP contribution in [-0.2, 0) is 0 Å². The smallest absolute Gasteiger partial charge is 0.191 e. The molecule has 21 heavy (non-hydrogen) atoms. The third-order valence-corrected chi connectivity index (χ3v) is 3.87. The van der Waals surface area contributed by atoms with Crippen LogP contribution in [0.15, 0.2) is 35.5 Å². The minimum atomic E-state index is 0.0674. The number of nitrogens with zero attached hydrogens (tertiary/aromatic N) is 2. The molecule has 0 fully saturated rings. The van der Waals surface area contributed by atoms with Gasteiger partial charge in [0.2, 0.25) is 0 Å². The van der Waals surface area contributed by atoms with Crippen molar-refractivity contribution in [1.82, 2.24) is 9.97 Å². The predicted molar refractivity (Wildman–Crippen MR) is 91.5 cm³/mol. The fourth-order valence-corrected chi connectivity index (χ4v) is 2.67. The number of benzene rings is 1. The zero-order valence-corrected chi connectivity index (χ0v) is 13.9. The van der Waals surface area contributed by atoms with Gasteiger partial charge in [-0.2, -0.15) is 0 Å². The first kappa shape index (κ1) is 15.9. The van der Waals surface area contributed by atoms with Crippen molar-refractivity contribution >= 4 is 35.0 Å². The first-order valence-corrected chi connectivity index (χ1v) is 8.42. The highest BCUT2D eigenvalue weighted by Crippen LogP contribution is 2.26. The summed E-state index contributed by atoms with van der Waals surface area (Å²) < 4.78 is 0. The second-order valence-electron chi connectivity index (χ2n) is 4.54. The lowest BCUT2D eigenvalue weighted by Gasteiger charge is -2.17. The Morgan fingerprint density at radius 2 is 1.95 bits per heavy atom. The average Bonchev–Trinajstić information content (AvgIpc) is 2.47. The van der Waals surface area contributed by atoms with E-state index in [1.54, 1.807) is 0 Å². The Kier molecular flexibility index (Phi) is 5.70. The van der Waals surface area contributed by atoms with Crippen molar-refractivity contribution in [3.8, 4) is 0 Å². The fourth-order valence-electron chi connectivity index (χ4n) is 1.99. The Labute approximate surface area is 134 Å². The Morgan fingerprint density at radius 1 is 1.24 bits per heavy atom. The Balaban J connectivity index is 2.22. The second-order valence-corrected chi connectivity index (χ2v) is 5.72. The number of anilines is 2. The number of thioether (sulfide) groups is 1. The molecule has 1 atom stereocenters. The molecule has 1 unspecified atom stereocenters. The minimum Gasteiger partial charge on any atom is -0.370 e. The summed E-state index contributed by atoms with van der Waals surface area (Å²) in [6.07, 6.45) is 1.96. The molecule has 2 aromatic rings. The normalized spacial score (nSPS) is 12.0. The lowest BCUT2D eigenvalue weighted by atomic mass is 10.1. The number of aromatic nitrogens is 2. The fraction of sp³-hybridized carbons (Fsp3) is 0.333. The first-order chi connectivity index (χ1) is 10.1. The molecule has 1 heterocycles. The molecule has 0 spiro atoms. The van der Waals surface area contributed by atoms with E-state index in [4.69, 9.17) is 11.6 Å². The van der Waals surface area contributed by atoms with Crippen LogP contribution in [0.5, 0.6) is 0 Å². The summed E-state index contributed by atoms with van der Waals surface area (Å²) in [7, 11) is 0. The third-order valence-electron chi connectivity index (χ3n) is 2.98. The number of rotatable bonds is 6. The van der Waals surface area contributed by atoms with Crippen LogP contribution in [0.4, 0.5) is 11.6 Å². The van der Waals surface area contributed by atoms with Crippen molar-refractivity contribution in [2.75, 3.05) is 23.4 Å². The summed E-state index contributed by atoms with van der Waals surface area (Å²) in [5.74, 6) is 1.61. The highest BCUT2D eigenvalue weighted by atomic mass is 35.5. The van der Waals surface area contributed by atoms with Crippen molar-refractivity contribution in [2.45, 2.75) is 25.0 Å². The molecule has 0 saturated carbocycles. The van der Waals surface area contributed by atoms with Crippen LogP contribution in [0.25, 0.3) is 0 Å². The molecule has 2 N–H and O–H groups in total. The molecule has 2 rings (SSSR count). The van der Waals surface area contributed by atoms with Crippen molar-refractivity contribution in [2.24, 2.45) is 0 Å². The van der Waals surface area contributed by atoms with Gasteiger partial charge in [0.15, 0.2) is 5.16 Å². The molecule has 0 bridgehead atoms. The monoisotopic (exact) mass is 322 g/mol. The van der Waals surface area contributed by atoms with Crippen LogP contribution >= 0.6 is 23.4 Å². The van der Waals surface area contributed by atoms with Gasteiger partial charge in [-0.15, -0.1) is 0 Å². The SMILES string of the molecule is CCNc1cc(NC(C)c2ccccc2Cl)nc(SC)n1. The van der Waals surface area contributed by atoms with E-state index in [1.807, 2.05) is 43.5 Å². The first-order valence-electron chi connectivity index (χ1n) is 6.82. The van der Waals surface area contributed by atoms with Crippen molar-refractivity contribution in [3.05, 3.63) is 40.9 Å². The van der Waals surface area contributed by atoms with Crippen LogP contribution in [0.2, 0.25) is 5.02 Å². The molecule has 0 aliphatic rings. The van der Waals surface area contributed by atoms with Gasteiger partial charge < -0.3 is 10.6 Å². The summed E-state index contributed by atoms with van der Waals surface area (Å²) in [6, 6.07) is 9.80. The van der Waals surface area contributed by atoms with Crippen LogP contribution in [0.1, 0.15) is 25.5 Å². The molecule has 0 aliphatic carbocycles. The Hall–Kier alpha value is -1.46. The molecule has 1 aromatic carbocycles.